The van der Waals surface area contributed by atoms with Crippen LogP contribution < -0.4 is 9.47 Å². The van der Waals surface area contributed by atoms with Crippen molar-refractivity contribution in [2.45, 2.75) is 19.3 Å². The molecule has 0 aromatic heterocycles. The summed E-state index contributed by atoms with van der Waals surface area (Å²) in [6.45, 7) is 2.17. The minimum Gasteiger partial charge on any atom is -0.496 e. The Bertz CT molecular complexity index is 593. The van der Waals surface area contributed by atoms with E-state index in [0.29, 0.717) is 6.42 Å². The minimum atomic E-state index is 0.0426. The molecule has 0 radical (unpaired) electrons. The first-order valence-electron chi connectivity index (χ1n) is 7.09. The lowest BCUT2D eigenvalue weighted by Crippen LogP contribution is -2.07. The number of aliphatic hydroxyl groups is 1. The van der Waals surface area contributed by atoms with Crippen LogP contribution >= 0.6 is 0 Å². The Balaban J connectivity index is 2.55. The van der Waals surface area contributed by atoms with Crippen LogP contribution in [0.4, 0.5) is 0 Å². The molecule has 0 aliphatic heterocycles. The van der Waals surface area contributed by atoms with Crippen LogP contribution in [0.3, 0.4) is 0 Å². The Morgan fingerprint density at radius 1 is 0.952 bits per heavy atom. The van der Waals surface area contributed by atoms with Crippen molar-refractivity contribution >= 4 is 0 Å². The third-order valence-electron chi connectivity index (χ3n) is 3.69. The number of hydrogen-bond donors (Lipinski definition) is 1. The molecule has 1 N–H and O–H groups in total. The number of rotatable bonds is 6. The van der Waals surface area contributed by atoms with Crippen molar-refractivity contribution in [2.75, 3.05) is 20.8 Å². The number of hydrogen-bond acceptors (Lipinski definition) is 3. The molecule has 2 rings (SSSR count). The van der Waals surface area contributed by atoms with Gasteiger partial charge in [0, 0.05) is 23.7 Å². The summed E-state index contributed by atoms with van der Waals surface area (Å²) >= 11 is 0. The predicted molar refractivity (Wildman–Crippen MR) is 84.3 cm³/mol. The van der Waals surface area contributed by atoms with Gasteiger partial charge in [0.1, 0.15) is 11.5 Å². The lowest BCUT2D eigenvalue weighted by Gasteiger charge is -2.22. The van der Waals surface area contributed by atoms with Gasteiger partial charge in [-0.25, -0.2) is 0 Å². The van der Waals surface area contributed by atoms with Crippen molar-refractivity contribution < 1.29 is 14.6 Å². The molecule has 0 fully saturated rings. The molecular formula is C18H22O3. The molecule has 0 saturated carbocycles. The third-order valence-corrected chi connectivity index (χ3v) is 3.69. The standard InChI is InChI=1S/C18H22O3/c1-13-8-9-18(21-3)16(12-13)14(10-11-19)15-6-4-5-7-17(15)20-2/h4-9,12,14,19H,10-11H2,1-3H3. The highest BCUT2D eigenvalue weighted by Crippen LogP contribution is 2.38. The van der Waals surface area contributed by atoms with Gasteiger partial charge in [-0.3, -0.25) is 0 Å². The Morgan fingerprint density at radius 2 is 1.62 bits per heavy atom. The maximum Gasteiger partial charge on any atom is 0.122 e. The number of aliphatic hydroxyl groups excluding tert-OH is 1. The van der Waals surface area contributed by atoms with E-state index in [9.17, 15) is 5.11 Å². The smallest absolute Gasteiger partial charge is 0.122 e. The molecule has 21 heavy (non-hydrogen) atoms. The largest absolute Gasteiger partial charge is 0.496 e. The second-order valence-corrected chi connectivity index (χ2v) is 5.05. The third kappa shape index (κ3) is 3.37. The molecule has 2 aromatic carbocycles. The lowest BCUT2D eigenvalue weighted by molar-refractivity contribution is 0.279. The average Bonchev–Trinajstić information content (AvgIpc) is 2.52. The van der Waals surface area contributed by atoms with Crippen LogP contribution in [-0.4, -0.2) is 25.9 Å². The molecule has 0 amide bonds. The summed E-state index contributed by atoms with van der Waals surface area (Å²) in [6, 6.07) is 14.1. The minimum absolute atomic E-state index is 0.0426. The van der Waals surface area contributed by atoms with Gasteiger partial charge in [0.05, 0.1) is 14.2 Å². The summed E-state index contributed by atoms with van der Waals surface area (Å²) in [5.74, 6) is 1.71. The summed E-state index contributed by atoms with van der Waals surface area (Å²) in [6.07, 6.45) is 0.625. The van der Waals surface area contributed by atoms with Crippen molar-refractivity contribution in [3.8, 4) is 11.5 Å². The van der Waals surface area contributed by atoms with E-state index in [2.05, 4.69) is 13.0 Å². The second-order valence-electron chi connectivity index (χ2n) is 5.05. The van der Waals surface area contributed by atoms with Crippen LogP contribution in [0.1, 0.15) is 29.0 Å². The molecule has 1 atom stereocenters. The molecule has 3 heteroatoms. The summed E-state index contributed by atoms with van der Waals surface area (Å²) in [4.78, 5) is 0. The zero-order valence-electron chi connectivity index (χ0n) is 12.8. The summed E-state index contributed by atoms with van der Waals surface area (Å²) in [5, 5.41) is 9.47. The first-order chi connectivity index (χ1) is 10.2. The molecular weight excluding hydrogens is 264 g/mol. The summed E-state index contributed by atoms with van der Waals surface area (Å²) < 4.78 is 11.0. The first-order valence-corrected chi connectivity index (χ1v) is 7.09. The van der Waals surface area contributed by atoms with Crippen molar-refractivity contribution in [3.05, 3.63) is 59.2 Å². The SMILES string of the molecule is COc1ccccc1C(CCO)c1cc(C)ccc1OC. The molecule has 0 aliphatic carbocycles. The molecule has 2 aromatic rings. The highest BCUT2D eigenvalue weighted by molar-refractivity contribution is 5.48. The van der Waals surface area contributed by atoms with Crippen LogP contribution in [-0.2, 0) is 0 Å². The van der Waals surface area contributed by atoms with Gasteiger partial charge in [0.15, 0.2) is 0 Å². The highest BCUT2D eigenvalue weighted by atomic mass is 16.5. The van der Waals surface area contributed by atoms with E-state index in [1.165, 1.54) is 5.56 Å². The van der Waals surface area contributed by atoms with Crippen LogP contribution in [0.2, 0.25) is 0 Å². The number of methoxy groups -OCH3 is 2. The van der Waals surface area contributed by atoms with Gasteiger partial charge >= 0.3 is 0 Å². The first kappa shape index (κ1) is 15.4. The van der Waals surface area contributed by atoms with E-state index in [1.807, 2.05) is 36.4 Å². The second kappa shape index (κ2) is 7.14. The van der Waals surface area contributed by atoms with Gasteiger partial charge in [0.2, 0.25) is 0 Å². The molecule has 0 bridgehead atoms. The van der Waals surface area contributed by atoms with Gasteiger partial charge in [-0.1, -0.05) is 35.9 Å². The predicted octanol–water partition coefficient (Wildman–Crippen LogP) is 3.53. The van der Waals surface area contributed by atoms with Crippen LogP contribution in [0.15, 0.2) is 42.5 Å². The zero-order valence-corrected chi connectivity index (χ0v) is 12.8. The van der Waals surface area contributed by atoms with E-state index in [-0.39, 0.29) is 12.5 Å². The Morgan fingerprint density at radius 3 is 2.29 bits per heavy atom. The average molecular weight is 286 g/mol. The van der Waals surface area contributed by atoms with Gasteiger partial charge in [-0.15, -0.1) is 0 Å². The number of benzene rings is 2. The fraction of sp³-hybridized carbons (Fsp3) is 0.333. The van der Waals surface area contributed by atoms with Crippen LogP contribution in [0, 0.1) is 6.92 Å². The van der Waals surface area contributed by atoms with E-state index in [4.69, 9.17) is 9.47 Å². The maximum atomic E-state index is 9.47. The summed E-state index contributed by atoms with van der Waals surface area (Å²) in [5.41, 5.74) is 3.32. The normalized spacial score (nSPS) is 12.0. The summed E-state index contributed by atoms with van der Waals surface area (Å²) in [7, 11) is 3.34. The number of para-hydroxylation sites is 1. The fourth-order valence-electron chi connectivity index (χ4n) is 2.69. The fourth-order valence-corrected chi connectivity index (χ4v) is 2.69. The monoisotopic (exact) mass is 286 g/mol. The zero-order chi connectivity index (χ0) is 15.2. The quantitative estimate of drug-likeness (QED) is 0.883. The number of aryl methyl sites for hydroxylation is 1. The highest BCUT2D eigenvalue weighted by Gasteiger charge is 2.21. The van der Waals surface area contributed by atoms with Crippen molar-refractivity contribution in [1.82, 2.24) is 0 Å². The molecule has 0 heterocycles. The Labute approximate surface area is 126 Å². The van der Waals surface area contributed by atoms with Crippen molar-refractivity contribution in [3.63, 3.8) is 0 Å². The topological polar surface area (TPSA) is 38.7 Å². The maximum absolute atomic E-state index is 9.47. The Hall–Kier alpha value is -2.00. The molecule has 0 aliphatic rings. The molecule has 0 saturated heterocycles. The van der Waals surface area contributed by atoms with Crippen molar-refractivity contribution in [2.24, 2.45) is 0 Å². The molecule has 1 unspecified atom stereocenters. The lowest BCUT2D eigenvalue weighted by atomic mass is 9.87. The van der Waals surface area contributed by atoms with E-state index in [1.54, 1.807) is 14.2 Å². The van der Waals surface area contributed by atoms with Crippen molar-refractivity contribution in [1.29, 1.82) is 0 Å². The van der Waals surface area contributed by atoms with Gasteiger partial charge in [-0.05, 0) is 25.5 Å². The van der Waals surface area contributed by atoms with Crippen LogP contribution in [0.5, 0.6) is 11.5 Å². The van der Waals surface area contributed by atoms with E-state index < -0.39 is 0 Å². The molecule has 0 spiro atoms. The van der Waals surface area contributed by atoms with Gasteiger partial charge in [0.25, 0.3) is 0 Å². The van der Waals surface area contributed by atoms with Crippen LogP contribution in [0.25, 0.3) is 0 Å². The van der Waals surface area contributed by atoms with E-state index in [0.717, 1.165) is 22.6 Å². The van der Waals surface area contributed by atoms with E-state index >= 15 is 0 Å². The molecule has 3 nitrogen and oxygen atoms in total. The van der Waals surface area contributed by atoms with Gasteiger partial charge in [-0.2, -0.15) is 0 Å². The Kier molecular flexibility index (Phi) is 5.23. The molecule has 112 valence electrons. The number of ether oxygens (including phenoxy) is 2. The van der Waals surface area contributed by atoms with Gasteiger partial charge < -0.3 is 14.6 Å².